The largest absolute Gasteiger partial charge is 0.350 e. The maximum atomic E-state index is 13.7. The van der Waals surface area contributed by atoms with Crippen molar-refractivity contribution in [2.24, 2.45) is 13.0 Å². The SMILES string of the molecule is CCCCN1C(=O)C(CC2CCCCC2)NC(=O)C12CCN(Cc1cn(C)c3ccccc13)CC2. The lowest BCUT2D eigenvalue weighted by atomic mass is 9.79. The zero-order valence-electron chi connectivity index (χ0n) is 21.6. The summed E-state index contributed by atoms with van der Waals surface area (Å²) in [4.78, 5) is 31.9. The molecule has 1 atom stereocenters. The Kier molecular flexibility index (Phi) is 7.19. The van der Waals surface area contributed by atoms with Gasteiger partial charge in [0.15, 0.2) is 0 Å². The van der Waals surface area contributed by atoms with Crippen molar-refractivity contribution in [2.75, 3.05) is 19.6 Å². The van der Waals surface area contributed by atoms with Gasteiger partial charge in [0.1, 0.15) is 11.6 Å². The van der Waals surface area contributed by atoms with E-state index in [1.54, 1.807) is 0 Å². The minimum absolute atomic E-state index is 0.0961. The fraction of sp³-hybridized carbons (Fsp3) is 0.655. The number of likely N-dealkylation sites (tertiary alicyclic amines) is 1. The number of aryl methyl sites for hydroxylation is 1. The average Bonchev–Trinajstić information content (AvgIpc) is 3.19. The van der Waals surface area contributed by atoms with Gasteiger partial charge in [-0.05, 0) is 43.2 Å². The molecule has 190 valence electrons. The van der Waals surface area contributed by atoms with Crippen LogP contribution < -0.4 is 5.32 Å². The van der Waals surface area contributed by atoms with Crippen molar-refractivity contribution in [2.45, 2.75) is 89.3 Å². The number of amides is 2. The molecular weight excluding hydrogens is 436 g/mol. The number of carbonyl (C=O) groups is 2. The first-order valence-electron chi connectivity index (χ1n) is 13.9. The number of unbranched alkanes of at least 4 members (excludes halogenated alkanes) is 1. The molecule has 3 heterocycles. The van der Waals surface area contributed by atoms with Crippen molar-refractivity contribution in [3.8, 4) is 0 Å². The van der Waals surface area contributed by atoms with Crippen molar-refractivity contribution < 1.29 is 9.59 Å². The highest BCUT2D eigenvalue weighted by atomic mass is 16.2. The van der Waals surface area contributed by atoms with Gasteiger partial charge in [-0.25, -0.2) is 0 Å². The van der Waals surface area contributed by atoms with Crippen LogP contribution in [0.25, 0.3) is 10.9 Å². The molecule has 3 aliphatic rings. The fourth-order valence-corrected chi connectivity index (χ4v) is 6.80. The molecule has 2 aliphatic heterocycles. The van der Waals surface area contributed by atoms with Crippen molar-refractivity contribution in [1.82, 2.24) is 19.7 Å². The quantitative estimate of drug-likeness (QED) is 0.632. The number of para-hydroxylation sites is 1. The Balaban J connectivity index is 1.29. The molecule has 6 heteroatoms. The second kappa shape index (κ2) is 10.3. The van der Waals surface area contributed by atoms with Crippen molar-refractivity contribution >= 4 is 22.7 Å². The molecule has 1 spiro atoms. The van der Waals surface area contributed by atoms with Gasteiger partial charge < -0.3 is 14.8 Å². The zero-order chi connectivity index (χ0) is 24.4. The lowest BCUT2D eigenvalue weighted by Crippen LogP contribution is -2.73. The third-order valence-corrected chi connectivity index (χ3v) is 8.89. The van der Waals surface area contributed by atoms with Crippen LogP contribution in [0.5, 0.6) is 0 Å². The number of hydrogen-bond acceptors (Lipinski definition) is 3. The lowest BCUT2D eigenvalue weighted by molar-refractivity contribution is -0.162. The summed E-state index contributed by atoms with van der Waals surface area (Å²) in [5.41, 5.74) is 1.91. The minimum Gasteiger partial charge on any atom is -0.350 e. The van der Waals surface area contributed by atoms with E-state index in [1.807, 2.05) is 4.90 Å². The highest BCUT2D eigenvalue weighted by molar-refractivity contribution is 6.00. The molecule has 0 radical (unpaired) electrons. The molecule has 6 nitrogen and oxygen atoms in total. The maximum Gasteiger partial charge on any atom is 0.246 e. The summed E-state index contributed by atoms with van der Waals surface area (Å²) < 4.78 is 2.20. The van der Waals surface area contributed by atoms with Crippen LogP contribution in [0, 0.1) is 5.92 Å². The van der Waals surface area contributed by atoms with Crippen molar-refractivity contribution in [3.63, 3.8) is 0 Å². The molecule has 1 aromatic carbocycles. The number of rotatable bonds is 7. The molecule has 3 fully saturated rings. The molecule has 1 aliphatic carbocycles. The summed E-state index contributed by atoms with van der Waals surface area (Å²) in [6, 6.07) is 8.22. The number of carbonyl (C=O) groups excluding carboxylic acids is 2. The van der Waals surface area contributed by atoms with E-state index >= 15 is 0 Å². The van der Waals surface area contributed by atoms with Crippen LogP contribution in [0.4, 0.5) is 0 Å². The van der Waals surface area contributed by atoms with E-state index in [0.29, 0.717) is 12.5 Å². The number of nitrogens with zero attached hydrogens (tertiary/aromatic N) is 3. The van der Waals surface area contributed by atoms with Crippen LogP contribution in [-0.2, 0) is 23.2 Å². The Morgan fingerprint density at radius 1 is 1.06 bits per heavy atom. The van der Waals surface area contributed by atoms with Crippen LogP contribution in [0.3, 0.4) is 0 Å². The Morgan fingerprint density at radius 2 is 1.80 bits per heavy atom. The van der Waals surface area contributed by atoms with Gasteiger partial charge in [-0.15, -0.1) is 0 Å². The molecule has 35 heavy (non-hydrogen) atoms. The highest BCUT2D eigenvalue weighted by Crippen LogP contribution is 2.36. The molecule has 1 N–H and O–H groups in total. The molecule has 1 unspecified atom stereocenters. The van der Waals surface area contributed by atoms with Crippen LogP contribution in [0.15, 0.2) is 30.5 Å². The van der Waals surface area contributed by atoms with Crippen molar-refractivity contribution in [3.05, 3.63) is 36.0 Å². The average molecular weight is 479 g/mol. The monoisotopic (exact) mass is 478 g/mol. The van der Waals surface area contributed by atoms with E-state index < -0.39 is 5.54 Å². The maximum absolute atomic E-state index is 13.7. The molecule has 1 saturated carbocycles. The van der Waals surface area contributed by atoms with E-state index in [1.165, 1.54) is 48.6 Å². The van der Waals surface area contributed by atoms with E-state index in [4.69, 9.17) is 0 Å². The second-order valence-electron chi connectivity index (χ2n) is 11.2. The zero-order valence-corrected chi connectivity index (χ0v) is 21.6. The third-order valence-electron chi connectivity index (χ3n) is 8.89. The van der Waals surface area contributed by atoms with Gasteiger partial charge in [-0.2, -0.15) is 0 Å². The first-order chi connectivity index (χ1) is 17.0. The number of piperazine rings is 1. The van der Waals surface area contributed by atoms with Gasteiger partial charge in [0.25, 0.3) is 0 Å². The lowest BCUT2D eigenvalue weighted by Gasteiger charge is -2.52. The van der Waals surface area contributed by atoms with Gasteiger partial charge >= 0.3 is 0 Å². The predicted octanol–water partition coefficient (Wildman–Crippen LogP) is 4.61. The summed E-state index contributed by atoms with van der Waals surface area (Å²) in [6.07, 6.45) is 12.7. The molecule has 2 saturated heterocycles. The topological polar surface area (TPSA) is 57.6 Å². The molecule has 2 aromatic rings. The number of nitrogens with one attached hydrogen (secondary N) is 1. The summed E-state index contributed by atoms with van der Waals surface area (Å²) in [5.74, 6) is 0.840. The molecule has 5 rings (SSSR count). The first-order valence-corrected chi connectivity index (χ1v) is 13.9. The number of piperidine rings is 1. The van der Waals surface area contributed by atoms with Crippen molar-refractivity contribution in [1.29, 1.82) is 0 Å². The third kappa shape index (κ3) is 4.74. The number of fused-ring (bicyclic) bond motifs is 1. The molecular formula is C29H42N4O2. The van der Waals surface area contributed by atoms with Gasteiger partial charge in [0.2, 0.25) is 11.8 Å². The van der Waals surface area contributed by atoms with E-state index in [-0.39, 0.29) is 17.9 Å². The summed E-state index contributed by atoms with van der Waals surface area (Å²) >= 11 is 0. The molecule has 2 amide bonds. The summed E-state index contributed by atoms with van der Waals surface area (Å²) in [6.45, 7) is 5.41. The van der Waals surface area contributed by atoms with Gasteiger partial charge in [0, 0.05) is 50.3 Å². The summed E-state index contributed by atoms with van der Waals surface area (Å²) in [7, 11) is 2.10. The summed E-state index contributed by atoms with van der Waals surface area (Å²) in [5, 5.41) is 4.52. The number of hydrogen-bond donors (Lipinski definition) is 1. The Morgan fingerprint density at radius 3 is 2.54 bits per heavy atom. The number of benzene rings is 1. The molecule has 1 aromatic heterocycles. The minimum atomic E-state index is -0.676. The van der Waals surface area contributed by atoms with Crippen LogP contribution in [0.1, 0.15) is 76.7 Å². The number of aromatic nitrogens is 1. The Hall–Kier alpha value is -2.34. The molecule has 0 bridgehead atoms. The van der Waals surface area contributed by atoms with Gasteiger partial charge in [0.05, 0.1) is 0 Å². The van der Waals surface area contributed by atoms with E-state index in [2.05, 4.69) is 59.2 Å². The second-order valence-corrected chi connectivity index (χ2v) is 11.2. The fourth-order valence-electron chi connectivity index (χ4n) is 6.80. The van der Waals surface area contributed by atoms with Gasteiger partial charge in [-0.1, -0.05) is 63.6 Å². The van der Waals surface area contributed by atoms with E-state index in [9.17, 15) is 9.59 Å². The Labute approximate surface area is 210 Å². The van der Waals surface area contributed by atoms with E-state index in [0.717, 1.165) is 51.7 Å². The van der Waals surface area contributed by atoms with Crippen LogP contribution >= 0.6 is 0 Å². The van der Waals surface area contributed by atoms with Gasteiger partial charge in [-0.3, -0.25) is 14.5 Å². The van der Waals surface area contributed by atoms with Crippen LogP contribution in [-0.4, -0.2) is 57.4 Å². The highest BCUT2D eigenvalue weighted by Gasteiger charge is 2.53. The van der Waals surface area contributed by atoms with Crippen LogP contribution in [0.2, 0.25) is 0 Å². The predicted molar refractivity (Wildman–Crippen MR) is 140 cm³/mol. The Bertz CT molecular complexity index is 1050. The standard InChI is InChI=1S/C29H42N4O2/c1-3-4-16-33-27(34)25(19-22-10-6-5-7-11-22)30-28(35)29(33)14-17-32(18-15-29)21-23-20-31(2)26-13-9-8-12-24(23)26/h8-9,12-13,20,22,25H,3-7,10-11,14-19,21H2,1-2H3,(H,30,35). The first kappa shape index (κ1) is 24.4. The smallest absolute Gasteiger partial charge is 0.246 e. The normalized spacial score (nSPS) is 23.8.